The monoisotopic (exact) mass is 154 g/mol. The van der Waals surface area contributed by atoms with Crippen molar-refractivity contribution in [3.63, 3.8) is 0 Å². The van der Waals surface area contributed by atoms with E-state index in [-0.39, 0.29) is 0 Å². The summed E-state index contributed by atoms with van der Waals surface area (Å²) in [5.41, 5.74) is 0. The fourth-order valence-corrected chi connectivity index (χ4v) is 2.11. The number of nitrogens with one attached hydrogen (secondary N) is 1. The van der Waals surface area contributed by atoms with Crippen molar-refractivity contribution in [2.24, 2.45) is 5.92 Å². The van der Waals surface area contributed by atoms with Crippen LogP contribution < -0.4 is 5.32 Å². The molecule has 0 aromatic carbocycles. The van der Waals surface area contributed by atoms with Crippen molar-refractivity contribution in [1.29, 1.82) is 0 Å². The Morgan fingerprint density at radius 1 is 1.36 bits per heavy atom. The van der Waals surface area contributed by atoms with Crippen molar-refractivity contribution in [1.82, 2.24) is 10.2 Å². The van der Waals surface area contributed by atoms with Crippen molar-refractivity contribution >= 4 is 0 Å². The first-order valence-corrected chi connectivity index (χ1v) is 4.75. The molecular weight excluding hydrogens is 136 g/mol. The summed E-state index contributed by atoms with van der Waals surface area (Å²) in [6.45, 7) is 8.32. The summed E-state index contributed by atoms with van der Waals surface area (Å²) >= 11 is 0. The van der Waals surface area contributed by atoms with Gasteiger partial charge in [-0.2, -0.15) is 0 Å². The zero-order chi connectivity index (χ0) is 7.84. The van der Waals surface area contributed by atoms with E-state index in [1.807, 2.05) is 0 Å². The molecular formula is C9H18N2. The molecule has 1 heterocycles. The molecule has 0 aromatic heterocycles. The van der Waals surface area contributed by atoms with Gasteiger partial charge in [0.15, 0.2) is 0 Å². The van der Waals surface area contributed by atoms with Crippen LogP contribution in [0.15, 0.2) is 0 Å². The largest absolute Gasteiger partial charge is 0.314 e. The van der Waals surface area contributed by atoms with Gasteiger partial charge >= 0.3 is 0 Å². The third-order valence-corrected chi connectivity index (χ3v) is 3.05. The Morgan fingerprint density at radius 2 is 2.09 bits per heavy atom. The third kappa shape index (κ3) is 1.42. The Balaban J connectivity index is 1.90. The molecule has 1 saturated heterocycles. The minimum absolute atomic E-state index is 0.763. The van der Waals surface area contributed by atoms with Crippen LogP contribution >= 0.6 is 0 Å². The van der Waals surface area contributed by atoms with Crippen molar-refractivity contribution in [3.8, 4) is 0 Å². The van der Waals surface area contributed by atoms with Gasteiger partial charge in [0.1, 0.15) is 0 Å². The number of piperazine rings is 1. The average molecular weight is 154 g/mol. The molecule has 2 nitrogen and oxygen atoms in total. The topological polar surface area (TPSA) is 15.3 Å². The van der Waals surface area contributed by atoms with Crippen LogP contribution in [0.25, 0.3) is 0 Å². The highest BCUT2D eigenvalue weighted by Gasteiger charge is 2.40. The molecule has 0 aromatic rings. The van der Waals surface area contributed by atoms with Crippen LogP contribution in [0.5, 0.6) is 0 Å². The van der Waals surface area contributed by atoms with Crippen LogP contribution in [0.4, 0.5) is 0 Å². The lowest BCUT2D eigenvalue weighted by molar-refractivity contribution is 0.158. The summed E-state index contributed by atoms with van der Waals surface area (Å²) in [5.74, 6) is 0.968. The highest BCUT2D eigenvalue weighted by molar-refractivity contribution is 4.95. The van der Waals surface area contributed by atoms with Crippen molar-refractivity contribution in [2.75, 3.05) is 19.6 Å². The van der Waals surface area contributed by atoms with Crippen LogP contribution in [-0.4, -0.2) is 36.6 Å². The summed E-state index contributed by atoms with van der Waals surface area (Å²) in [4.78, 5) is 2.67. The molecule has 0 spiro atoms. The molecule has 11 heavy (non-hydrogen) atoms. The predicted octanol–water partition coefficient (Wildman–Crippen LogP) is 0.689. The Kier molecular flexibility index (Phi) is 1.90. The van der Waals surface area contributed by atoms with Gasteiger partial charge in [0.25, 0.3) is 0 Å². The molecule has 0 bridgehead atoms. The maximum Gasteiger partial charge on any atom is 0.0195 e. The maximum absolute atomic E-state index is 3.42. The molecule has 3 atom stereocenters. The molecule has 1 aliphatic carbocycles. The quantitative estimate of drug-likeness (QED) is 0.598. The summed E-state index contributed by atoms with van der Waals surface area (Å²) in [6.07, 6.45) is 1.43. The van der Waals surface area contributed by atoms with Crippen LogP contribution in [0.1, 0.15) is 20.3 Å². The Bertz CT molecular complexity index is 144. The molecule has 0 radical (unpaired) electrons. The molecule has 64 valence electrons. The van der Waals surface area contributed by atoms with Gasteiger partial charge in [-0.3, -0.25) is 4.90 Å². The van der Waals surface area contributed by atoms with Crippen LogP contribution in [0, 0.1) is 5.92 Å². The summed E-state index contributed by atoms with van der Waals surface area (Å²) < 4.78 is 0. The lowest BCUT2D eigenvalue weighted by Gasteiger charge is -2.34. The van der Waals surface area contributed by atoms with Crippen molar-refractivity contribution < 1.29 is 0 Å². The molecule has 2 rings (SSSR count). The van der Waals surface area contributed by atoms with Gasteiger partial charge in [-0.05, 0) is 19.3 Å². The molecule has 1 aliphatic heterocycles. The summed E-state index contributed by atoms with van der Waals surface area (Å²) in [6, 6.07) is 1.69. The van der Waals surface area contributed by atoms with E-state index < -0.39 is 0 Å². The van der Waals surface area contributed by atoms with E-state index in [4.69, 9.17) is 0 Å². The molecule has 1 saturated carbocycles. The summed E-state index contributed by atoms with van der Waals surface area (Å²) in [7, 11) is 0. The van der Waals surface area contributed by atoms with Gasteiger partial charge in [-0.15, -0.1) is 0 Å². The number of hydrogen-bond acceptors (Lipinski definition) is 2. The Labute approximate surface area is 69.0 Å². The van der Waals surface area contributed by atoms with Crippen LogP contribution in [-0.2, 0) is 0 Å². The second kappa shape index (κ2) is 2.76. The van der Waals surface area contributed by atoms with Crippen LogP contribution in [0.3, 0.4) is 0 Å². The normalized spacial score (nSPS) is 45.8. The molecule has 1 N–H and O–H groups in total. The molecule has 0 amide bonds. The second-order valence-electron chi connectivity index (χ2n) is 4.07. The lowest BCUT2D eigenvalue weighted by atomic mass is 10.2. The van der Waals surface area contributed by atoms with Crippen LogP contribution in [0.2, 0.25) is 0 Å². The smallest absolute Gasteiger partial charge is 0.0195 e. The molecule has 2 heteroatoms. The Morgan fingerprint density at radius 3 is 2.64 bits per heavy atom. The zero-order valence-electron chi connectivity index (χ0n) is 7.51. The number of nitrogens with zero attached hydrogens (tertiary/aromatic N) is 1. The fourth-order valence-electron chi connectivity index (χ4n) is 2.11. The molecule has 3 unspecified atom stereocenters. The molecule has 2 fully saturated rings. The predicted molar refractivity (Wildman–Crippen MR) is 46.6 cm³/mol. The number of hydrogen-bond donors (Lipinski definition) is 1. The first-order valence-electron chi connectivity index (χ1n) is 4.75. The average Bonchev–Trinajstić information content (AvgIpc) is 2.68. The van der Waals surface area contributed by atoms with Gasteiger partial charge in [-0.1, -0.05) is 6.92 Å². The minimum Gasteiger partial charge on any atom is -0.314 e. The van der Waals surface area contributed by atoms with Gasteiger partial charge < -0.3 is 5.32 Å². The van der Waals surface area contributed by atoms with Gasteiger partial charge in [-0.25, -0.2) is 0 Å². The maximum atomic E-state index is 3.42. The zero-order valence-corrected chi connectivity index (χ0v) is 7.51. The van der Waals surface area contributed by atoms with Gasteiger partial charge in [0.05, 0.1) is 0 Å². The van der Waals surface area contributed by atoms with E-state index in [1.165, 1.54) is 26.1 Å². The van der Waals surface area contributed by atoms with E-state index in [1.54, 1.807) is 0 Å². The van der Waals surface area contributed by atoms with Crippen molar-refractivity contribution in [3.05, 3.63) is 0 Å². The second-order valence-corrected chi connectivity index (χ2v) is 4.07. The van der Waals surface area contributed by atoms with E-state index >= 15 is 0 Å². The number of rotatable bonds is 1. The highest BCUT2D eigenvalue weighted by atomic mass is 15.3. The first kappa shape index (κ1) is 7.56. The summed E-state index contributed by atoms with van der Waals surface area (Å²) in [5, 5.41) is 3.42. The van der Waals surface area contributed by atoms with E-state index in [0.717, 1.165) is 18.0 Å². The molecule has 2 aliphatic rings. The first-order chi connectivity index (χ1) is 5.29. The van der Waals surface area contributed by atoms with Crippen molar-refractivity contribution in [2.45, 2.75) is 32.4 Å². The SMILES string of the molecule is CC1CC1N1CCNCC1C. The van der Waals surface area contributed by atoms with E-state index in [9.17, 15) is 0 Å². The van der Waals surface area contributed by atoms with Gasteiger partial charge in [0.2, 0.25) is 0 Å². The van der Waals surface area contributed by atoms with E-state index in [0.29, 0.717) is 0 Å². The fraction of sp³-hybridized carbons (Fsp3) is 1.00. The Hall–Kier alpha value is -0.0800. The minimum atomic E-state index is 0.763. The highest BCUT2D eigenvalue weighted by Crippen LogP contribution is 2.36. The standard InChI is InChI=1S/C9H18N2/c1-7-5-9(7)11-4-3-10-6-8(11)2/h7-10H,3-6H2,1-2H3. The van der Waals surface area contributed by atoms with E-state index in [2.05, 4.69) is 24.1 Å². The van der Waals surface area contributed by atoms with Gasteiger partial charge in [0, 0.05) is 31.7 Å². The lowest BCUT2D eigenvalue weighted by Crippen LogP contribution is -2.50. The third-order valence-electron chi connectivity index (χ3n) is 3.05.